The van der Waals surface area contributed by atoms with Crippen LogP contribution in [0.15, 0.2) is 18.5 Å². The van der Waals surface area contributed by atoms with Crippen LogP contribution < -0.4 is 10.7 Å². The lowest BCUT2D eigenvalue weighted by molar-refractivity contribution is 0.271. The summed E-state index contributed by atoms with van der Waals surface area (Å²) in [6, 6.07) is 1.83. The molecule has 1 aliphatic heterocycles. The first kappa shape index (κ1) is 12.8. The van der Waals surface area contributed by atoms with Crippen LogP contribution in [0.1, 0.15) is 19.3 Å². The lowest BCUT2D eigenvalue weighted by Gasteiger charge is -2.26. The summed E-state index contributed by atoms with van der Waals surface area (Å²) in [6.07, 6.45) is 7.18. The van der Waals surface area contributed by atoms with E-state index in [-0.39, 0.29) is 0 Å². The van der Waals surface area contributed by atoms with Crippen LogP contribution in [-0.4, -0.2) is 49.9 Å². The second-order valence-corrected chi connectivity index (χ2v) is 4.64. The molecule has 0 radical (unpaired) electrons. The molecule has 1 aliphatic rings. The van der Waals surface area contributed by atoms with Gasteiger partial charge in [-0.2, -0.15) is 20.1 Å². The molecule has 0 aliphatic carbocycles. The number of hydrogen-bond acceptors (Lipinski definition) is 7. The number of nitrogens with zero attached hydrogens (tertiary/aromatic N) is 6. The molecule has 2 aromatic rings. The molecule has 0 bridgehead atoms. The van der Waals surface area contributed by atoms with E-state index in [1.165, 1.54) is 19.3 Å². The third-order valence-corrected chi connectivity index (χ3v) is 3.17. The minimum absolute atomic E-state index is 0.494. The third-order valence-electron chi connectivity index (χ3n) is 3.17. The monoisotopic (exact) mass is 274 g/mol. The molecule has 106 valence electrons. The van der Waals surface area contributed by atoms with E-state index in [2.05, 4.69) is 35.8 Å². The largest absolute Gasteiger partial charge is 0.357 e. The number of piperidine rings is 1. The van der Waals surface area contributed by atoms with Gasteiger partial charge in [-0.15, -0.1) is 0 Å². The highest BCUT2D eigenvalue weighted by Crippen LogP contribution is 2.12. The lowest BCUT2D eigenvalue weighted by atomic mass is 10.2. The Labute approximate surface area is 117 Å². The Balaban J connectivity index is 1.84. The van der Waals surface area contributed by atoms with Gasteiger partial charge in [-0.25, -0.2) is 9.69 Å². The minimum atomic E-state index is 0.494. The van der Waals surface area contributed by atoms with Crippen LogP contribution >= 0.6 is 0 Å². The molecule has 8 heteroatoms. The van der Waals surface area contributed by atoms with Crippen LogP contribution in [0.4, 0.5) is 11.9 Å². The van der Waals surface area contributed by atoms with Gasteiger partial charge in [-0.3, -0.25) is 5.43 Å². The topological polar surface area (TPSA) is 83.8 Å². The molecule has 0 unspecified atom stereocenters. The molecule has 0 aromatic carbocycles. The smallest absolute Gasteiger partial charge is 0.257 e. The molecule has 3 rings (SSSR count). The summed E-state index contributed by atoms with van der Waals surface area (Å²) < 4.78 is 1.61. The fourth-order valence-electron chi connectivity index (χ4n) is 2.16. The van der Waals surface area contributed by atoms with Gasteiger partial charge in [0.2, 0.25) is 11.9 Å². The molecule has 3 heterocycles. The van der Waals surface area contributed by atoms with Gasteiger partial charge in [0.05, 0.1) is 0 Å². The summed E-state index contributed by atoms with van der Waals surface area (Å²) in [5, 5.41) is 9.23. The standard InChI is InChI=1S/C12H18N8/c1-13-10-15-11(18-19-7-3-2-4-8-19)17-12(16-10)20-9-5-6-14-20/h5-6,9H,2-4,7-8H2,1H3,(H2,13,15,16,17,18). The number of anilines is 2. The van der Waals surface area contributed by atoms with E-state index in [0.717, 1.165) is 13.1 Å². The van der Waals surface area contributed by atoms with Gasteiger partial charge < -0.3 is 5.32 Å². The van der Waals surface area contributed by atoms with Gasteiger partial charge in [0, 0.05) is 32.5 Å². The molecule has 0 amide bonds. The van der Waals surface area contributed by atoms with Crippen molar-refractivity contribution in [2.24, 2.45) is 0 Å². The molecule has 0 spiro atoms. The average molecular weight is 274 g/mol. The first-order valence-electron chi connectivity index (χ1n) is 6.80. The lowest BCUT2D eigenvalue weighted by Crippen LogP contribution is -2.35. The molecule has 8 nitrogen and oxygen atoms in total. The summed E-state index contributed by atoms with van der Waals surface area (Å²) in [5.41, 5.74) is 3.25. The average Bonchev–Trinajstić information content (AvgIpc) is 3.02. The highest BCUT2D eigenvalue weighted by molar-refractivity contribution is 5.36. The van der Waals surface area contributed by atoms with Crippen molar-refractivity contribution in [2.75, 3.05) is 30.9 Å². The second kappa shape index (κ2) is 5.83. The van der Waals surface area contributed by atoms with Gasteiger partial charge in [-0.05, 0) is 18.9 Å². The summed E-state index contributed by atoms with van der Waals surface area (Å²) in [4.78, 5) is 13.0. The molecule has 1 fully saturated rings. The Kier molecular flexibility index (Phi) is 3.73. The number of hydrogen-bond donors (Lipinski definition) is 2. The first-order valence-corrected chi connectivity index (χ1v) is 6.80. The number of rotatable bonds is 4. The molecule has 1 saturated heterocycles. The van der Waals surface area contributed by atoms with Crippen molar-refractivity contribution in [3.63, 3.8) is 0 Å². The van der Waals surface area contributed by atoms with Crippen LogP contribution in [-0.2, 0) is 0 Å². The number of nitrogens with one attached hydrogen (secondary N) is 2. The normalized spacial score (nSPS) is 16.1. The van der Waals surface area contributed by atoms with Gasteiger partial charge in [-0.1, -0.05) is 6.42 Å². The van der Waals surface area contributed by atoms with Crippen molar-refractivity contribution in [3.8, 4) is 5.95 Å². The highest BCUT2D eigenvalue weighted by atomic mass is 15.5. The summed E-state index contributed by atoms with van der Waals surface area (Å²) in [6.45, 7) is 2.02. The van der Waals surface area contributed by atoms with Crippen molar-refractivity contribution in [2.45, 2.75) is 19.3 Å². The number of hydrazine groups is 1. The van der Waals surface area contributed by atoms with E-state index >= 15 is 0 Å². The predicted molar refractivity (Wildman–Crippen MR) is 75.5 cm³/mol. The zero-order valence-corrected chi connectivity index (χ0v) is 11.5. The minimum Gasteiger partial charge on any atom is -0.357 e. The summed E-state index contributed by atoms with van der Waals surface area (Å²) in [5.74, 6) is 1.55. The molecule has 2 aromatic heterocycles. The van der Waals surface area contributed by atoms with Gasteiger partial charge in [0.25, 0.3) is 5.95 Å². The Morgan fingerprint density at radius 1 is 1.05 bits per heavy atom. The van der Waals surface area contributed by atoms with Crippen LogP contribution in [0.2, 0.25) is 0 Å². The van der Waals surface area contributed by atoms with Gasteiger partial charge in [0.1, 0.15) is 0 Å². The molecule has 20 heavy (non-hydrogen) atoms. The number of aromatic nitrogens is 5. The van der Waals surface area contributed by atoms with E-state index < -0.39 is 0 Å². The van der Waals surface area contributed by atoms with E-state index in [4.69, 9.17) is 0 Å². The predicted octanol–water partition coefficient (Wildman–Crippen LogP) is 0.912. The maximum atomic E-state index is 4.40. The van der Waals surface area contributed by atoms with Crippen molar-refractivity contribution in [1.29, 1.82) is 0 Å². The Morgan fingerprint density at radius 3 is 2.55 bits per heavy atom. The third kappa shape index (κ3) is 2.85. The van der Waals surface area contributed by atoms with Crippen molar-refractivity contribution in [3.05, 3.63) is 18.5 Å². The Bertz CT molecular complexity index is 547. The van der Waals surface area contributed by atoms with Crippen LogP contribution in [0, 0.1) is 0 Å². The fourth-order valence-corrected chi connectivity index (χ4v) is 2.16. The molecule has 0 saturated carbocycles. The van der Waals surface area contributed by atoms with Crippen LogP contribution in [0.5, 0.6) is 0 Å². The SMILES string of the molecule is CNc1nc(NN2CCCCC2)nc(-n2cccn2)n1. The zero-order valence-electron chi connectivity index (χ0n) is 11.5. The molecule has 0 atom stereocenters. The van der Waals surface area contributed by atoms with Gasteiger partial charge >= 0.3 is 0 Å². The first-order chi connectivity index (χ1) is 9.85. The van der Waals surface area contributed by atoms with Crippen molar-refractivity contribution < 1.29 is 0 Å². The second-order valence-electron chi connectivity index (χ2n) is 4.64. The van der Waals surface area contributed by atoms with E-state index in [1.54, 1.807) is 24.1 Å². The fraction of sp³-hybridized carbons (Fsp3) is 0.500. The van der Waals surface area contributed by atoms with Crippen molar-refractivity contribution in [1.82, 2.24) is 29.7 Å². The quantitative estimate of drug-likeness (QED) is 0.857. The Morgan fingerprint density at radius 2 is 1.85 bits per heavy atom. The Hall–Kier alpha value is -2.22. The van der Waals surface area contributed by atoms with E-state index in [1.807, 2.05) is 6.07 Å². The van der Waals surface area contributed by atoms with E-state index in [9.17, 15) is 0 Å². The maximum Gasteiger partial charge on any atom is 0.257 e. The molecular weight excluding hydrogens is 256 g/mol. The highest BCUT2D eigenvalue weighted by Gasteiger charge is 2.13. The van der Waals surface area contributed by atoms with Crippen LogP contribution in [0.3, 0.4) is 0 Å². The summed E-state index contributed by atoms with van der Waals surface area (Å²) >= 11 is 0. The van der Waals surface area contributed by atoms with Crippen LogP contribution in [0.25, 0.3) is 5.95 Å². The molecule has 2 N–H and O–H groups in total. The van der Waals surface area contributed by atoms with Crippen molar-refractivity contribution >= 4 is 11.9 Å². The molecular formula is C12H18N8. The zero-order chi connectivity index (χ0) is 13.8. The maximum absolute atomic E-state index is 4.40. The van der Waals surface area contributed by atoms with Gasteiger partial charge in [0.15, 0.2) is 0 Å². The van der Waals surface area contributed by atoms with E-state index in [0.29, 0.717) is 17.8 Å². The summed E-state index contributed by atoms with van der Waals surface area (Å²) in [7, 11) is 1.78.